The molecule has 2 N–H and O–H groups in total. The van der Waals surface area contributed by atoms with Gasteiger partial charge in [-0.05, 0) is 47.9 Å². The maximum absolute atomic E-state index is 6.34. The zero-order valence-electron chi connectivity index (χ0n) is 11.8. The van der Waals surface area contributed by atoms with Gasteiger partial charge in [-0.15, -0.1) is 0 Å². The SMILES string of the molecule is COc1cc(C)c(C(N)c2ccc(Cl)cc2)cc1OC. The van der Waals surface area contributed by atoms with Crippen LogP contribution in [0, 0.1) is 6.92 Å². The van der Waals surface area contributed by atoms with Gasteiger partial charge in [0.25, 0.3) is 0 Å². The van der Waals surface area contributed by atoms with Crippen LogP contribution in [-0.4, -0.2) is 14.2 Å². The van der Waals surface area contributed by atoms with E-state index < -0.39 is 0 Å². The van der Waals surface area contributed by atoms with Crippen molar-refractivity contribution in [3.05, 3.63) is 58.1 Å². The first kappa shape index (κ1) is 14.7. The maximum Gasteiger partial charge on any atom is 0.161 e. The third kappa shape index (κ3) is 2.89. The van der Waals surface area contributed by atoms with Crippen molar-refractivity contribution >= 4 is 11.6 Å². The van der Waals surface area contributed by atoms with E-state index in [1.807, 2.05) is 43.3 Å². The van der Waals surface area contributed by atoms with E-state index in [1.165, 1.54) is 0 Å². The van der Waals surface area contributed by atoms with Crippen LogP contribution < -0.4 is 15.2 Å². The molecule has 0 spiro atoms. The van der Waals surface area contributed by atoms with Gasteiger partial charge in [0.15, 0.2) is 11.5 Å². The van der Waals surface area contributed by atoms with Gasteiger partial charge in [-0.3, -0.25) is 0 Å². The Balaban J connectivity index is 2.43. The van der Waals surface area contributed by atoms with Crippen LogP contribution in [0.1, 0.15) is 22.7 Å². The van der Waals surface area contributed by atoms with Gasteiger partial charge < -0.3 is 15.2 Å². The predicted molar refractivity (Wildman–Crippen MR) is 81.8 cm³/mol. The van der Waals surface area contributed by atoms with Crippen LogP contribution in [0.15, 0.2) is 36.4 Å². The van der Waals surface area contributed by atoms with Crippen LogP contribution in [0.2, 0.25) is 5.02 Å². The normalized spacial score (nSPS) is 12.1. The molecule has 3 nitrogen and oxygen atoms in total. The Labute approximate surface area is 124 Å². The minimum absolute atomic E-state index is 0.230. The molecule has 20 heavy (non-hydrogen) atoms. The topological polar surface area (TPSA) is 44.5 Å². The summed E-state index contributed by atoms with van der Waals surface area (Å²) >= 11 is 5.90. The molecule has 0 aliphatic heterocycles. The summed E-state index contributed by atoms with van der Waals surface area (Å²) in [5.74, 6) is 1.38. The molecule has 0 saturated heterocycles. The Kier molecular flexibility index (Phi) is 4.53. The first-order valence-corrected chi connectivity index (χ1v) is 6.68. The van der Waals surface area contributed by atoms with Crippen LogP contribution in [-0.2, 0) is 0 Å². The lowest BCUT2D eigenvalue weighted by molar-refractivity contribution is 0.354. The molecule has 4 heteroatoms. The van der Waals surface area contributed by atoms with Gasteiger partial charge in [0, 0.05) is 5.02 Å². The second kappa shape index (κ2) is 6.16. The molecule has 1 atom stereocenters. The molecule has 106 valence electrons. The van der Waals surface area contributed by atoms with E-state index in [0.29, 0.717) is 16.5 Å². The highest BCUT2D eigenvalue weighted by Gasteiger charge is 2.15. The van der Waals surface area contributed by atoms with E-state index in [-0.39, 0.29) is 6.04 Å². The summed E-state index contributed by atoms with van der Waals surface area (Å²) in [6.45, 7) is 2.01. The van der Waals surface area contributed by atoms with Crippen LogP contribution in [0.3, 0.4) is 0 Å². The molecule has 0 aliphatic carbocycles. The van der Waals surface area contributed by atoms with Gasteiger partial charge in [0.2, 0.25) is 0 Å². The highest BCUT2D eigenvalue weighted by Crippen LogP contribution is 2.34. The van der Waals surface area contributed by atoms with Crippen molar-refractivity contribution in [2.75, 3.05) is 14.2 Å². The number of hydrogen-bond acceptors (Lipinski definition) is 3. The average molecular weight is 292 g/mol. The minimum Gasteiger partial charge on any atom is -0.493 e. The molecule has 2 aromatic carbocycles. The van der Waals surface area contributed by atoms with Gasteiger partial charge >= 0.3 is 0 Å². The van der Waals surface area contributed by atoms with Crippen LogP contribution in [0.25, 0.3) is 0 Å². The van der Waals surface area contributed by atoms with Crippen molar-refractivity contribution in [1.29, 1.82) is 0 Å². The van der Waals surface area contributed by atoms with Crippen molar-refractivity contribution < 1.29 is 9.47 Å². The quantitative estimate of drug-likeness (QED) is 0.934. The van der Waals surface area contributed by atoms with Crippen molar-refractivity contribution in [2.45, 2.75) is 13.0 Å². The van der Waals surface area contributed by atoms with E-state index in [4.69, 9.17) is 26.8 Å². The summed E-state index contributed by atoms with van der Waals surface area (Å²) in [5, 5.41) is 0.699. The standard InChI is InChI=1S/C16H18ClNO2/c1-10-8-14(19-2)15(20-3)9-13(10)16(18)11-4-6-12(17)7-5-11/h4-9,16H,18H2,1-3H3. The van der Waals surface area contributed by atoms with Crippen LogP contribution in [0.5, 0.6) is 11.5 Å². The van der Waals surface area contributed by atoms with E-state index in [2.05, 4.69) is 0 Å². The van der Waals surface area contributed by atoms with Gasteiger partial charge in [0.1, 0.15) is 0 Å². The number of methoxy groups -OCH3 is 2. The predicted octanol–water partition coefficient (Wildman–Crippen LogP) is 3.71. The van der Waals surface area contributed by atoms with Gasteiger partial charge in [0.05, 0.1) is 20.3 Å². The summed E-state index contributed by atoms with van der Waals surface area (Å²) in [6.07, 6.45) is 0. The summed E-state index contributed by atoms with van der Waals surface area (Å²) in [4.78, 5) is 0. The zero-order valence-corrected chi connectivity index (χ0v) is 12.6. The first-order valence-electron chi connectivity index (χ1n) is 6.30. The monoisotopic (exact) mass is 291 g/mol. The molecule has 0 fully saturated rings. The molecular formula is C16H18ClNO2. The molecule has 1 unspecified atom stereocenters. The van der Waals surface area contributed by atoms with E-state index in [9.17, 15) is 0 Å². The Bertz CT molecular complexity index is 596. The maximum atomic E-state index is 6.34. The largest absolute Gasteiger partial charge is 0.493 e. The number of nitrogens with two attached hydrogens (primary N) is 1. The lowest BCUT2D eigenvalue weighted by Crippen LogP contribution is -2.13. The van der Waals surface area contributed by atoms with Crippen LogP contribution >= 0.6 is 11.6 Å². The molecule has 0 saturated carbocycles. The van der Waals surface area contributed by atoms with Gasteiger partial charge in [-0.25, -0.2) is 0 Å². The Hall–Kier alpha value is -1.71. The van der Waals surface area contributed by atoms with Crippen molar-refractivity contribution in [3.8, 4) is 11.5 Å². The molecule has 0 heterocycles. The first-order chi connectivity index (χ1) is 9.56. The molecule has 2 rings (SSSR count). The van der Waals surface area contributed by atoms with Crippen molar-refractivity contribution in [2.24, 2.45) is 5.73 Å². The number of rotatable bonds is 4. The van der Waals surface area contributed by atoms with Gasteiger partial charge in [-0.2, -0.15) is 0 Å². The Morgan fingerprint density at radius 2 is 1.55 bits per heavy atom. The smallest absolute Gasteiger partial charge is 0.161 e. The molecule has 0 aliphatic rings. The lowest BCUT2D eigenvalue weighted by atomic mass is 9.95. The highest BCUT2D eigenvalue weighted by atomic mass is 35.5. The molecule has 0 amide bonds. The number of hydrogen-bond donors (Lipinski definition) is 1. The van der Waals surface area contributed by atoms with E-state index >= 15 is 0 Å². The molecule has 0 bridgehead atoms. The fourth-order valence-electron chi connectivity index (χ4n) is 2.18. The van der Waals surface area contributed by atoms with Crippen LogP contribution in [0.4, 0.5) is 0 Å². The van der Waals surface area contributed by atoms with E-state index in [0.717, 1.165) is 16.7 Å². The van der Waals surface area contributed by atoms with Crippen molar-refractivity contribution in [3.63, 3.8) is 0 Å². The summed E-state index contributed by atoms with van der Waals surface area (Å²) in [6, 6.07) is 11.2. The molecular weight excluding hydrogens is 274 g/mol. The second-order valence-corrected chi connectivity index (χ2v) is 5.03. The highest BCUT2D eigenvalue weighted by molar-refractivity contribution is 6.30. The number of halogens is 1. The third-order valence-corrected chi connectivity index (χ3v) is 3.59. The lowest BCUT2D eigenvalue weighted by Gasteiger charge is -2.18. The molecule has 2 aromatic rings. The summed E-state index contributed by atoms with van der Waals surface area (Å²) < 4.78 is 10.6. The minimum atomic E-state index is -0.230. The number of ether oxygens (including phenoxy) is 2. The van der Waals surface area contributed by atoms with E-state index in [1.54, 1.807) is 14.2 Å². The van der Waals surface area contributed by atoms with Gasteiger partial charge in [-0.1, -0.05) is 23.7 Å². The molecule has 0 radical (unpaired) electrons. The second-order valence-electron chi connectivity index (χ2n) is 4.59. The Morgan fingerprint density at radius 1 is 1.00 bits per heavy atom. The zero-order chi connectivity index (χ0) is 14.7. The van der Waals surface area contributed by atoms with Crippen molar-refractivity contribution in [1.82, 2.24) is 0 Å². The number of aryl methyl sites for hydroxylation is 1. The number of benzene rings is 2. The summed E-state index contributed by atoms with van der Waals surface area (Å²) in [5.41, 5.74) is 9.41. The fourth-order valence-corrected chi connectivity index (χ4v) is 2.31. The average Bonchev–Trinajstić information content (AvgIpc) is 2.47. The summed E-state index contributed by atoms with van der Waals surface area (Å²) in [7, 11) is 3.24. The Morgan fingerprint density at radius 3 is 2.10 bits per heavy atom. The molecule has 0 aromatic heterocycles. The fraction of sp³-hybridized carbons (Fsp3) is 0.250. The third-order valence-electron chi connectivity index (χ3n) is 3.34.